The van der Waals surface area contributed by atoms with E-state index in [4.69, 9.17) is 0 Å². The Kier molecular flexibility index (Phi) is 3.62. The summed E-state index contributed by atoms with van der Waals surface area (Å²) >= 11 is 1.49. The average molecular weight is 283 g/mol. The Morgan fingerprint density at radius 2 is 1.90 bits per heavy atom. The molecule has 5 heteroatoms. The van der Waals surface area contributed by atoms with Crippen molar-refractivity contribution in [1.82, 2.24) is 15.0 Å². The predicted octanol–water partition coefficient (Wildman–Crippen LogP) is 3.23. The van der Waals surface area contributed by atoms with Gasteiger partial charge in [0.2, 0.25) is 0 Å². The first-order valence-corrected chi connectivity index (χ1v) is 7.07. The molecular weight excluding hydrogens is 270 g/mol. The van der Waals surface area contributed by atoms with Crippen molar-refractivity contribution in [2.24, 2.45) is 0 Å². The Hall–Kier alpha value is -1.98. The fraction of sp³-hybridized carbons (Fsp3) is 0.133. The second kappa shape index (κ2) is 5.56. The Morgan fingerprint density at radius 3 is 2.65 bits per heavy atom. The van der Waals surface area contributed by atoms with E-state index in [1.807, 2.05) is 36.4 Å². The van der Waals surface area contributed by atoms with Crippen molar-refractivity contribution >= 4 is 22.7 Å². The Morgan fingerprint density at radius 1 is 1.05 bits per heavy atom. The molecule has 2 aromatic heterocycles. The molecule has 0 aliphatic carbocycles. The van der Waals surface area contributed by atoms with E-state index in [0.717, 1.165) is 26.5 Å². The van der Waals surface area contributed by atoms with Gasteiger partial charge in [-0.2, -0.15) is 0 Å². The predicted molar refractivity (Wildman–Crippen MR) is 78.5 cm³/mol. The lowest BCUT2D eigenvalue weighted by Gasteiger charge is -2.06. The van der Waals surface area contributed by atoms with Crippen LogP contribution < -0.4 is 0 Å². The van der Waals surface area contributed by atoms with Crippen LogP contribution in [-0.2, 0) is 0 Å². The summed E-state index contributed by atoms with van der Waals surface area (Å²) in [5.74, 6) is 0. The first-order valence-electron chi connectivity index (χ1n) is 6.25. The van der Waals surface area contributed by atoms with E-state index in [1.54, 1.807) is 19.4 Å². The fourth-order valence-electron chi connectivity index (χ4n) is 1.86. The molecule has 4 nitrogen and oxygen atoms in total. The van der Waals surface area contributed by atoms with Gasteiger partial charge in [0.25, 0.3) is 0 Å². The third kappa shape index (κ3) is 2.64. The summed E-state index contributed by atoms with van der Waals surface area (Å²) < 4.78 is 0. The van der Waals surface area contributed by atoms with Gasteiger partial charge in [0, 0.05) is 11.6 Å². The van der Waals surface area contributed by atoms with Gasteiger partial charge in [-0.25, -0.2) is 15.0 Å². The molecule has 0 fully saturated rings. The summed E-state index contributed by atoms with van der Waals surface area (Å²) in [6.45, 7) is 1.72. The van der Waals surface area contributed by atoms with Crippen LogP contribution in [0.1, 0.15) is 18.6 Å². The van der Waals surface area contributed by atoms with E-state index in [2.05, 4.69) is 15.0 Å². The molecule has 1 N–H and O–H groups in total. The number of rotatable bonds is 3. The SMILES string of the molecule is C[C@H](O)c1ccc(Sc2ncnc3ccccc23)nc1. The summed E-state index contributed by atoms with van der Waals surface area (Å²) in [4.78, 5) is 12.9. The number of fused-ring (bicyclic) bond motifs is 1. The van der Waals surface area contributed by atoms with Crippen molar-refractivity contribution in [2.45, 2.75) is 23.1 Å². The smallest absolute Gasteiger partial charge is 0.117 e. The normalized spacial score (nSPS) is 12.5. The van der Waals surface area contributed by atoms with Crippen molar-refractivity contribution < 1.29 is 5.11 Å². The number of pyridine rings is 1. The first-order chi connectivity index (χ1) is 9.74. The van der Waals surface area contributed by atoms with Crippen LogP contribution >= 0.6 is 11.8 Å². The lowest BCUT2D eigenvalue weighted by atomic mass is 10.2. The van der Waals surface area contributed by atoms with Gasteiger partial charge in [-0.15, -0.1) is 0 Å². The molecule has 0 unspecified atom stereocenters. The van der Waals surface area contributed by atoms with Crippen LogP contribution in [0.4, 0.5) is 0 Å². The molecule has 0 aliphatic rings. The zero-order valence-electron chi connectivity index (χ0n) is 10.9. The van der Waals surface area contributed by atoms with E-state index in [9.17, 15) is 5.11 Å². The molecule has 1 atom stereocenters. The number of hydrogen-bond acceptors (Lipinski definition) is 5. The topological polar surface area (TPSA) is 58.9 Å². The van der Waals surface area contributed by atoms with Crippen molar-refractivity contribution in [3.8, 4) is 0 Å². The molecule has 0 spiro atoms. The molecule has 20 heavy (non-hydrogen) atoms. The third-order valence-electron chi connectivity index (χ3n) is 2.95. The molecule has 0 radical (unpaired) electrons. The number of para-hydroxylation sites is 1. The van der Waals surface area contributed by atoms with Crippen LogP contribution in [0, 0.1) is 0 Å². The van der Waals surface area contributed by atoms with Gasteiger partial charge in [-0.3, -0.25) is 0 Å². The van der Waals surface area contributed by atoms with Crippen molar-refractivity contribution in [3.05, 3.63) is 54.5 Å². The number of aliphatic hydroxyl groups excluding tert-OH is 1. The first kappa shape index (κ1) is 13.0. The second-order valence-electron chi connectivity index (χ2n) is 4.40. The van der Waals surface area contributed by atoms with Gasteiger partial charge in [0.1, 0.15) is 16.4 Å². The van der Waals surface area contributed by atoms with Crippen molar-refractivity contribution in [1.29, 1.82) is 0 Å². The van der Waals surface area contributed by atoms with Gasteiger partial charge in [0.15, 0.2) is 0 Å². The summed E-state index contributed by atoms with van der Waals surface area (Å²) in [5.41, 5.74) is 1.73. The molecule has 1 aromatic carbocycles. The van der Waals surface area contributed by atoms with Gasteiger partial charge < -0.3 is 5.11 Å². The van der Waals surface area contributed by atoms with Crippen LogP contribution in [0.2, 0.25) is 0 Å². The number of benzene rings is 1. The van der Waals surface area contributed by atoms with Crippen LogP contribution in [0.5, 0.6) is 0 Å². The monoisotopic (exact) mass is 283 g/mol. The average Bonchev–Trinajstić information content (AvgIpc) is 2.48. The minimum Gasteiger partial charge on any atom is -0.389 e. The fourth-order valence-corrected chi connectivity index (χ4v) is 2.68. The van der Waals surface area contributed by atoms with Crippen LogP contribution in [-0.4, -0.2) is 20.1 Å². The summed E-state index contributed by atoms with van der Waals surface area (Å²) in [7, 11) is 0. The van der Waals surface area contributed by atoms with Crippen LogP contribution in [0.25, 0.3) is 10.9 Å². The number of aliphatic hydroxyl groups is 1. The zero-order valence-corrected chi connectivity index (χ0v) is 11.7. The maximum atomic E-state index is 9.48. The van der Waals surface area contributed by atoms with Crippen LogP contribution in [0.3, 0.4) is 0 Å². The van der Waals surface area contributed by atoms with E-state index >= 15 is 0 Å². The molecular formula is C15H13N3OS. The highest BCUT2D eigenvalue weighted by molar-refractivity contribution is 7.99. The Labute approximate surface area is 120 Å². The number of nitrogens with zero attached hydrogens (tertiary/aromatic N) is 3. The molecule has 0 saturated carbocycles. The minimum atomic E-state index is -0.499. The Bertz CT molecular complexity index is 723. The number of aromatic nitrogens is 3. The highest BCUT2D eigenvalue weighted by Crippen LogP contribution is 2.29. The summed E-state index contributed by atoms with van der Waals surface area (Å²) in [6.07, 6.45) is 2.76. The van der Waals surface area contributed by atoms with Crippen LogP contribution in [0.15, 0.2) is 59.0 Å². The molecule has 0 amide bonds. The molecule has 0 aliphatic heterocycles. The maximum absolute atomic E-state index is 9.48. The largest absolute Gasteiger partial charge is 0.389 e. The van der Waals surface area contributed by atoms with Gasteiger partial charge >= 0.3 is 0 Å². The summed E-state index contributed by atoms with van der Waals surface area (Å²) in [6, 6.07) is 11.7. The highest BCUT2D eigenvalue weighted by Gasteiger charge is 2.07. The van der Waals surface area contributed by atoms with E-state index in [-0.39, 0.29) is 0 Å². The molecule has 0 saturated heterocycles. The van der Waals surface area contributed by atoms with Gasteiger partial charge in [0.05, 0.1) is 11.6 Å². The van der Waals surface area contributed by atoms with Gasteiger partial charge in [-0.1, -0.05) is 24.3 Å². The molecule has 2 heterocycles. The third-order valence-corrected chi connectivity index (χ3v) is 3.92. The molecule has 3 rings (SSSR count). The molecule has 0 bridgehead atoms. The van der Waals surface area contributed by atoms with Gasteiger partial charge in [-0.05, 0) is 36.4 Å². The quantitative estimate of drug-likeness (QED) is 0.748. The minimum absolute atomic E-state index is 0.499. The highest BCUT2D eigenvalue weighted by atomic mass is 32.2. The Balaban J connectivity index is 1.93. The summed E-state index contributed by atoms with van der Waals surface area (Å²) in [5, 5.41) is 12.2. The van der Waals surface area contributed by atoms with E-state index < -0.39 is 6.10 Å². The lowest BCUT2D eigenvalue weighted by Crippen LogP contribution is -1.92. The second-order valence-corrected chi connectivity index (χ2v) is 5.41. The zero-order chi connectivity index (χ0) is 13.9. The molecule has 100 valence electrons. The van der Waals surface area contributed by atoms with E-state index in [1.165, 1.54) is 11.8 Å². The standard InChI is InChI=1S/C15H13N3OS/c1-10(19)11-6-7-14(16-8-11)20-15-12-4-2-3-5-13(12)17-9-18-15/h2-10,19H,1H3/t10-/m0/s1. The maximum Gasteiger partial charge on any atom is 0.117 e. The van der Waals surface area contributed by atoms with Crippen molar-refractivity contribution in [3.63, 3.8) is 0 Å². The van der Waals surface area contributed by atoms with E-state index in [0.29, 0.717) is 0 Å². The lowest BCUT2D eigenvalue weighted by molar-refractivity contribution is 0.198. The number of hydrogen-bond donors (Lipinski definition) is 1. The molecule has 3 aromatic rings. The van der Waals surface area contributed by atoms with Crippen molar-refractivity contribution in [2.75, 3.05) is 0 Å².